The van der Waals surface area contributed by atoms with Gasteiger partial charge in [-0.2, -0.15) is 0 Å². The Balaban J connectivity index is 1.65. The van der Waals surface area contributed by atoms with E-state index in [4.69, 9.17) is 0 Å². The Kier molecular flexibility index (Phi) is 5.59. The first-order chi connectivity index (χ1) is 13.6. The van der Waals surface area contributed by atoms with E-state index in [2.05, 4.69) is 14.9 Å². The van der Waals surface area contributed by atoms with Crippen LogP contribution >= 0.6 is 0 Å². The summed E-state index contributed by atoms with van der Waals surface area (Å²) in [6.07, 6.45) is 3.85. The molecule has 0 spiro atoms. The van der Waals surface area contributed by atoms with Gasteiger partial charge in [-0.25, -0.2) is 9.18 Å². The molecule has 1 fully saturated rings. The van der Waals surface area contributed by atoms with E-state index in [9.17, 15) is 14.3 Å². The number of hydrogen-bond donors (Lipinski definition) is 3. The maximum Gasteiger partial charge on any atom is 0.323 e. The minimum atomic E-state index is -0.602. The Bertz CT molecular complexity index is 976. The average molecular weight is 383 g/mol. The molecule has 28 heavy (non-hydrogen) atoms. The number of aromatic amines is 2. The molecule has 0 amide bonds. The maximum atomic E-state index is 14.9. The summed E-state index contributed by atoms with van der Waals surface area (Å²) in [6, 6.07) is 13.0. The van der Waals surface area contributed by atoms with Crippen LogP contribution in [0, 0.1) is 5.82 Å². The number of hydrogen-bond acceptors (Lipinski definition) is 3. The number of rotatable bonds is 6. The highest BCUT2D eigenvalue weighted by Crippen LogP contribution is 2.31. The summed E-state index contributed by atoms with van der Waals surface area (Å²) in [4.78, 5) is 19.0. The Labute approximate surface area is 163 Å². The molecular formula is C22H26FN3O2. The number of nitrogens with one attached hydrogen (secondary N) is 2. The molecule has 5 nitrogen and oxygen atoms in total. The van der Waals surface area contributed by atoms with E-state index in [-0.39, 0.29) is 17.4 Å². The second kappa shape index (κ2) is 8.29. The quantitative estimate of drug-likeness (QED) is 0.610. The van der Waals surface area contributed by atoms with E-state index in [1.807, 2.05) is 30.3 Å². The van der Waals surface area contributed by atoms with Crippen molar-refractivity contribution in [2.75, 3.05) is 13.1 Å². The molecule has 3 N–H and O–H groups in total. The fourth-order valence-electron chi connectivity index (χ4n) is 4.22. The molecule has 6 heteroatoms. The maximum absolute atomic E-state index is 14.9. The van der Waals surface area contributed by atoms with Gasteiger partial charge in [-0.1, -0.05) is 36.8 Å². The van der Waals surface area contributed by atoms with Gasteiger partial charge in [0.25, 0.3) is 0 Å². The number of H-pyrrole nitrogens is 2. The predicted octanol–water partition coefficient (Wildman–Crippen LogP) is 3.52. The van der Waals surface area contributed by atoms with Crippen LogP contribution in [0.1, 0.15) is 42.7 Å². The third-order valence-electron chi connectivity index (χ3n) is 5.71. The number of likely N-dealkylation sites (tertiary alicyclic amines) is 1. The Hall–Kier alpha value is -2.44. The molecule has 1 saturated heterocycles. The van der Waals surface area contributed by atoms with Crippen LogP contribution in [0.4, 0.5) is 4.39 Å². The number of halogens is 1. The highest BCUT2D eigenvalue weighted by atomic mass is 19.1. The molecule has 4 rings (SSSR count). The van der Waals surface area contributed by atoms with Crippen LogP contribution in [-0.4, -0.2) is 39.3 Å². The molecule has 1 aliphatic rings. The number of aliphatic hydroxyl groups excluding tert-OH is 1. The van der Waals surface area contributed by atoms with Gasteiger partial charge in [0.05, 0.1) is 11.0 Å². The molecule has 2 atom stereocenters. The minimum absolute atomic E-state index is 0.192. The first kappa shape index (κ1) is 18.9. The lowest BCUT2D eigenvalue weighted by atomic mass is 9.87. The van der Waals surface area contributed by atoms with Gasteiger partial charge in [-0.3, -0.25) is 4.90 Å². The van der Waals surface area contributed by atoms with Gasteiger partial charge in [-0.15, -0.1) is 0 Å². The first-order valence-corrected chi connectivity index (χ1v) is 9.97. The first-order valence-electron chi connectivity index (χ1n) is 9.97. The number of piperidine rings is 1. The van der Waals surface area contributed by atoms with E-state index in [1.54, 1.807) is 6.07 Å². The molecule has 0 aliphatic carbocycles. The van der Waals surface area contributed by atoms with Crippen molar-refractivity contribution in [3.8, 4) is 0 Å². The lowest BCUT2D eigenvalue weighted by Gasteiger charge is -2.33. The number of fused-ring (bicyclic) bond motifs is 1. The van der Waals surface area contributed by atoms with Crippen LogP contribution in [-0.2, 0) is 6.42 Å². The van der Waals surface area contributed by atoms with Gasteiger partial charge >= 0.3 is 5.69 Å². The number of benzene rings is 2. The number of nitrogens with zero attached hydrogens (tertiary/aromatic N) is 1. The van der Waals surface area contributed by atoms with Crippen molar-refractivity contribution in [1.82, 2.24) is 14.9 Å². The molecule has 1 unspecified atom stereocenters. The summed E-state index contributed by atoms with van der Waals surface area (Å²) in [7, 11) is 0. The summed E-state index contributed by atoms with van der Waals surface area (Å²) in [5.41, 5.74) is 2.33. The van der Waals surface area contributed by atoms with Gasteiger partial charge < -0.3 is 15.1 Å². The van der Waals surface area contributed by atoms with E-state index < -0.39 is 6.23 Å². The zero-order valence-electron chi connectivity index (χ0n) is 15.8. The lowest BCUT2D eigenvalue weighted by molar-refractivity contribution is -0.0181. The molecule has 3 aromatic rings. The highest BCUT2D eigenvalue weighted by molar-refractivity contribution is 5.75. The molecule has 1 aliphatic heterocycles. The molecule has 0 bridgehead atoms. The summed E-state index contributed by atoms with van der Waals surface area (Å²) < 4.78 is 14.9. The summed E-state index contributed by atoms with van der Waals surface area (Å²) in [6.45, 7) is 1.76. The molecule has 0 saturated carbocycles. The monoisotopic (exact) mass is 383 g/mol. The molecule has 1 aromatic heterocycles. The van der Waals surface area contributed by atoms with Gasteiger partial charge in [0.1, 0.15) is 12.0 Å². The molecule has 2 heterocycles. The van der Waals surface area contributed by atoms with Crippen LogP contribution in [0.15, 0.2) is 47.3 Å². The Morgan fingerprint density at radius 1 is 1.04 bits per heavy atom. The van der Waals surface area contributed by atoms with Crippen molar-refractivity contribution in [2.45, 2.75) is 44.2 Å². The summed E-state index contributed by atoms with van der Waals surface area (Å²) in [5.74, 6) is -0.545. The second-order valence-electron chi connectivity index (χ2n) is 7.70. The van der Waals surface area contributed by atoms with Gasteiger partial charge in [0, 0.05) is 13.1 Å². The number of imidazole rings is 1. The van der Waals surface area contributed by atoms with Crippen LogP contribution in [0.3, 0.4) is 0 Å². The van der Waals surface area contributed by atoms with Crippen LogP contribution in [0.2, 0.25) is 0 Å². The topological polar surface area (TPSA) is 72.1 Å². The van der Waals surface area contributed by atoms with Gasteiger partial charge in [-0.05, 0) is 54.9 Å². The largest absolute Gasteiger partial charge is 0.378 e. The standard InChI is InChI=1S/C22H26FN3O2/c23-18-14-20-19(24-22(28)25-20)13-17(18)16(11-15-7-3-1-4-8-15)12-21(27)26-9-5-2-6-10-26/h1,3-4,7-8,13-14,16,21,27H,2,5-6,9-12H2,(H2,24,25,28)/t16-,21?/m1/s1. The van der Waals surface area contributed by atoms with Crippen molar-refractivity contribution in [3.63, 3.8) is 0 Å². The fraction of sp³-hybridized carbons (Fsp3) is 0.409. The molecular weight excluding hydrogens is 357 g/mol. The van der Waals surface area contributed by atoms with Gasteiger partial charge in [0.15, 0.2) is 0 Å². The van der Waals surface area contributed by atoms with Crippen molar-refractivity contribution in [3.05, 3.63) is 69.9 Å². The molecule has 148 valence electrons. The van der Waals surface area contributed by atoms with Crippen LogP contribution in [0.25, 0.3) is 11.0 Å². The van der Waals surface area contributed by atoms with E-state index in [1.165, 1.54) is 12.5 Å². The Morgan fingerprint density at radius 3 is 2.43 bits per heavy atom. The predicted molar refractivity (Wildman–Crippen MR) is 108 cm³/mol. The SMILES string of the molecule is O=c1[nH]c2cc(F)c([C@H](Cc3ccccc3)CC(O)N3CCCCC3)cc2[nH]1. The average Bonchev–Trinajstić information content (AvgIpc) is 3.07. The second-order valence-corrected chi connectivity index (χ2v) is 7.70. The van der Waals surface area contributed by atoms with E-state index in [0.29, 0.717) is 29.4 Å². The minimum Gasteiger partial charge on any atom is -0.378 e. The van der Waals surface area contributed by atoms with Crippen LogP contribution < -0.4 is 5.69 Å². The third kappa shape index (κ3) is 4.18. The Morgan fingerprint density at radius 2 is 1.71 bits per heavy atom. The molecule has 0 radical (unpaired) electrons. The number of aromatic nitrogens is 2. The van der Waals surface area contributed by atoms with Crippen molar-refractivity contribution in [1.29, 1.82) is 0 Å². The van der Waals surface area contributed by atoms with E-state index >= 15 is 0 Å². The summed E-state index contributed by atoms with van der Waals surface area (Å²) in [5, 5.41) is 10.8. The lowest BCUT2D eigenvalue weighted by Crippen LogP contribution is -2.40. The van der Waals surface area contributed by atoms with Gasteiger partial charge in [0.2, 0.25) is 0 Å². The zero-order valence-corrected chi connectivity index (χ0v) is 15.8. The normalized spacial score (nSPS) is 17.6. The van der Waals surface area contributed by atoms with Crippen molar-refractivity contribution >= 4 is 11.0 Å². The third-order valence-corrected chi connectivity index (χ3v) is 5.71. The summed E-state index contributed by atoms with van der Waals surface area (Å²) >= 11 is 0. The van der Waals surface area contributed by atoms with Crippen LogP contribution in [0.5, 0.6) is 0 Å². The van der Waals surface area contributed by atoms with Crippen molar-refractivity contribution in [2.24, 2.45) is 0 Å². The van der Waals surface area contributed by atoms with Crippen molar-refractivity contribution < 1.29 is 9.50 Å². The van der Waals surface area contributed by atoms with E-state index in [0.717, 1.165) is 31.5 Å². The fourth-order valence-corrected chi connectivity index (χ4v) is 4.22. The number of aliphatic hydroxyl groups is 1. The highest BCUT2D eigenvalue weighted by Gasteiger charge is 2.25. The zero-order chi connectivity index (χ0) is 19.5. The smallest absolute Gasteiger partial charge is 0.323 e. The molecule has 2 aromatic carbocycles.